The molecule has 0 unspecified atom stereocenters. The number of benzene rings is 1. The SMILES string of the molecule is COc1ccc(CN(Cc2nnsc2Cl)[C@H]2CCS(=O)(=O)C2)cc1. The van der Waals surface area contributed by atoms with Gasteiger partial charge < -0.3 is 4.74 Å². The monoisotopic (exact) mass is 387 g/mol. The summed E-state index contributed by atoms with van der Waals surface area (Å²) in [4.78, 5) is 2.12. The van der Waals surface area contributed by atoms with Crippen molar-refractivity contribution in [2.24, 2.45) is 0 Å². The van der Waals surface area contributed by atoms with Crippen molar-refractivity contribution in [2.75, 3.05) is 18.6 Å². The molecule has 1 fully saturated rings. The molecule has 1 saturated heterocycles. The first-order valence-corrected chi connectivity index (χ1v) is 10.5. The molecule has 2 aromatic rings. The van der Waals surface area contributed by atoms with Crippen LogP contribution >= 0.6 is 23.1 Å². The fourth-order valence-electron chi connectivity index (χ4n) is 2.83. The smallest absolute Gasteiger partial charge is 0.151 e. The van der Waals surface area contributed by atoms with Crippen molar-refractivity contribution in [1.82, 2.24) is 14.5 Å². The number of rotatable bonds is 6. The summed E-state index contributed by atoms with van der Waals surface area (Å²) >= 11 is 7.26. The molecule has 24 heavy (non-hydrogen) atoms. The predicted molar refractivity (Wildman–Crippen MR) is 94.2 cm³/mol. The van der Waals surface area contributed by atoms with E-state index in [4.69, 9.17) is 16.3 Å². The van der Waals surface area contributed by atoms with Crippen molar-refractivity contribution < 1.29 is 13.2 Å². The van der Waals surface area contributed by atoms with Gasteiger partial charge >= 0.3 is 0 Å². The second kappa shape index (κ2) is 7.35. The maximum Gasteiger partial charge on any atom is 0.151 e. The summed E-state index contributed by atoms with van der Waals surface area (Å²) in [6.45, 7) is 1.11. The Kier molecular flexibility index (Phi) is 5.39. The van der Waals surface area contributed by atoms with E-state index in [9.17, 15) is 8.42 Å². The summed E-state index contributed by atoms with van der Waals surface area (Å²) in [5.41, 5.74) is 1.78. The molecule has 0 aliphatic carbocycles. The zero-order chi connectivity index (χ0) is 17.2. The van der Waals surface area contributed by atoms with E-state index in [1.54, 1.807) is 7.11 Å². The molecule has 0 N–H and O–H groups in total. The molecule has 0 spiro atoms. The first-order chi connectivity index (χ1) is 11.5. The molecule has 1 atom stereocenters. The molecule has 6 nitrogen and oxygen atoms in total. The Morgan fingerprint density at radius 3 is 2.62 bits per heavy atom. The van der Waals surface area contributed by atoms with Crippen molar-refractivity contribution in [1.29, 1.82) is 0 Å². The number of halogens is 1. The molecule has 1 aliphatic rings. The second-order valence-electron chi connectivity index (χ2n) is 5.80. The minimum atomic E-state index is -2.96. The molecule has 0 radical (unpaired) electrons. The molecule has 130 valence electrons. The highest BCUT2D eigenvalue weighted by molar-refractivity contribution is 7.91. The van der Waals surface area contributed by atoms with Gasteiger partial charge in [-0.25, -0.2) is 8.42 Å². The van der Waals surface area contributed by atoms with Gasteiger partial charge in [0.1, 0.15) is 15.8 Å². The van der Waals surface area contributed by atoms with Crippen LogP contribution in [0.15, 0.2) is 24.3 Å². The zero-order valence-corrected chi connectivity index (χ0v) is 15.6. The number of aromatic nitrogens is 2. The van der Waals surface area contributed by atoms with Gasteiger partial charge in [0, 0.05) is 30.7 Å². The number of nitrogens with zero attached hydrogens (tertiary/aromatic N) is 3. The Labute approximate surface area is 150 Å². The highest BCUT2D eigenvalue weighted by Crippen LogP contribution is 2.25. The molecule has 1 aromatic heterocycles. The van der Waals surface area contributed by atoms with Crippen LogP contribution in [0.2, 0.25) is 4.34 Å². The molecule has 0 amide bonds. The van der Waals surface area contributed by atoms with Crippen LogP contribution in [0, 0.1) is 0 Å². The Morgan fingerprint density at radius 1 is 1.33 bits per heavy atom. The Hall–Kier alpha value is -1.22. The van der Waals surface area contributed by atoms with Gasteiger partial charge in [-0.15, -0.1) is 5.10 Å². The summed E-state index contributed by atoms with van der Waals surface area (Å²) in [6.07, 6.45) is 0.633. The normalized spacial score (nSPS) is 19.7. The number of hydrogen-bond donors (Lipinski definition) is 0. The highest BCUT2D eigenvalue weighted by atomic mass is 35.5. The molecule has 3 rings (SSSR count). The molecule has 0 bridgehead atoms. The van der Waals surface area contributed by atoms with Gasteiger partial charge in [0.05, 0.1) is 18.6 Å². The molecular formula is C15H18ClN3O3S2. The molecule has 2 heterocycles. The predicted octanol–water partition coefficient (Wildman–Crippen LogP) is 2.39. The Bertz CT molecular complexity index is 793. The molecule has 1 aromatic carbocycles. The van der Waals surface area contributed by atoms with Gasteiger partial charge in [0.2, 0.25) is 0 Å². The summed E-state index contributed by atoms with van der Waals surface area (Å²) in [7, 11) is -1.33. The lowest BCUT2D eigenvalue weighted by Crippen LogP contribution is -2.35. The van der Waals surface area contributed by atoms with Crippen LogP contribution in [0.25, 0.3) is 0 Å². The Balaban J connectivity index is 1.79. The van der Waals surface area contributed by atoms with Crippen molar-refractivity contribution in [3.8, 4) is 5.75 Å². The average Bonchev–Trinajstić information content (AvgIpc) is 3.13. The molecular weight excluding hydrogens is 370 g/mol. The van der Waals surface area contributed by atoms with E-state index in [1.165, 1.54) is 0 Å². The van der Waals surface area contributed by atoms with Crippen molar-refractivity contribution in [3.05, 3.63) is 39.9 Å². The van der Waals surface area contributed by atoms with Gasteiger partial charge in [0.25, 0.3) is 0 Å². The van der Waals surface area contributed by atoms with Crippen LogP contribution in [0.3, 0.4) is 0 Å². The first-order valence-electron chi connectivity index (χ1n) is 7.51. The van der Waals surface area contributed by atoms with E-state index in [1.807, 2.05) is 24.3 Å². The lowest BCUT2D eigenvalue weighted by Gasteiger charge is -2.27. The quantitative estimate of drug-likeness (QED) is 0.757. The third-order valence-corrected chi connectivity index (χ3v) is 6.87. The van der Waals surface area contributed by atoms with E-state index in [-0.39, 0.29) is 17.5 Å². The van der Waals surface area contributed by atoms with Gasteiger partial charge in [0.15, 0.2) is 9.84 Å². The maximum atomic E-state index is 11.9. The zero-order valence-electron chi connectivity index (χ0n) is 13.2. The molecule has 0 saturated carbocycles. The van der Waals surface area contributed by atoms with Crippen molar-refractivity contribution >= 4 is 33.0 Å². The fraction of sp³-hybridized carbons (Fsp3) is 0.467. The van der Waals surface area contributed by atoms with Crippen LogP contribution < -0.4 is 4.74 Å². The first kappa shape index (κ1) is 17.6. The van der Waals surface area contributed by atoms with Crippen LogP contribution in [0.4, 0.5) is 0 Å². The Morgan fingerprint density at radius 2 is 2.08 bits per heavy atom. The highest BCUT2D eigenvalue weighted by Gasteiger charge is 2.33. The van der Waals surface area contributed by atoms with E-state index in [0.29, 0.717) is 29.5 Å². The second-order valence-corrected chi connectivity index (χ2v) is 9.39. The number of ether oxygens (including phenoxy) is 1. The van der Waals surface area contributed by atoms with Gasteiger partial charge in [-0.2, -0.15) is 0 Å². The fourth-order valence-corrected chi connectivity index (χ4v) is 5.20. The van der Waals surface area contributed by atoms with Gasteiger partial charge in [-0.05, 0) is 24.1 Å². The largest absolute Gasteiger partial charge is 0.497 e. The van der Waals surface area contributed by atoms with E-state index < -0.39 is 9.84 Å². The van der Waals surface area contributed by atoms with Crippen molar-refractivity contribution in [3.63, 3.8) is 0 Å². The minimum Gasteiger partial charge on any atom is -0.497 e. The maximum absolute atomic E-state index is 11.9. The van der Waals surface area contributed by atoms with Crippen LogP contribution in [-0.4, -0.2) is 47.6 Å². The lowest BCUT2D eigenvalue weighted by atomic mass is 10.1. The van der Waals surface area contributed by atoms with Crippen molar-refractivity contribution in [2.45, 2.75) is 25.6 Å². The van der Waals surface area contributed by atoms with Crippen LogP contribution in [-0.2, 0) is 22.9 Å². The standard InChI is InChI=1S/C15H18ClN3O3S2/c1-22-13-4-2-11(3-5-13)8-19(9-14-15(16)23-18-17-14)12-6-7-24(20,21)10-12/h2-5,12H,6-10H2,1H3/t12-/m0/s1. The summed E-state index contributed by atoms with van der Waals surface area (Å²) < 4.78 is 33.3. The van der Waals surface area contributed by atoms with Gasteiger partial charge in [-0.3, -0.25) is 4.90 Å². The number of sulfone groups is 1. The topological polar surface area (TPSA) is 72.4 Å². The average molecular weight is 388 g/mol. The van der Waals surface area contributed by atoms with Gasteiger partial charge in [-0.1, -0.05) is 28.2 Å². The number of hydrogen-bond acceptors (Lipinski definition) is 7. The summed E-state index contributed by atoms with van der Waals surface area (Å²) in [6, 6.07) is 7.73. The lowest BCUT2D eigenvalue weighted by molar-refractivity contribution is 0.192. The minimum absolute atomic E-state index is 0.0325. The van der Waals surface area contributed by atoms with Crippen LogP contribution in [0.1, 0.15) is 17.7 Å². The summed E-state index contributed by atoms with van der Waals surface area (Å²) in [5.74, 6) is 1.21. The third-order valence-electron chi connectivity index (χ3n) is 4.13. The van der Waals surface area contributed by atoms with E-state index in [0.717, 1.165) is 22.8 Å². The van der Waals surface area contributed by atoms with E-state index >= 15 is 0 Å². The molecule has 1 aliphatic heterocycles. The number of methoxy groups -OCH3 is 1. The van der Waals surface area contributed by atoms with E-state index in [2.05, 4.69) is 14.5 Å². The van der Waals surface area contributed by atoms with Crippen LogP contribution in [0.5, 0.6) is 5.75 Å². The molecule has 9 heteroatoms. The summed E-state index contributed by atoms with van der Waals surface area (Å²) in [5, 5.41) is 4.06. The third kappa shape index (κ3) is 4.24.